The van der Waals surface area contributed by atoms with E-state index in [0.29, 0.717) is 13.0 Å². The number of ether oxygens (including phenoxy) is 1. The van der Waals surface area contributed by atoms with Crippen molar-refractivity contribution in [3.8, 4) is 5.75 Å². The number of rotatable bonds is 9. The zero-order chi connectivity index (χ0) is 13.2. The minimum atomic E-state index is 0.214. The van der Waals surface area contributed by atoms with Crippen molar-refractivity contribution < 1.29 is 9.53 Å². The van der Waals surface area contributed by atoms with Crippen molar-refractivity contribution in [2.45, 2.75) is 39.0 Å². The predicted molar refractivity (Wildman–Crippen MR) is 74.1 cm³/mol. The maximum absolute atomic E-state index is 11.9. The molecule has 2 N–H and O–H groups in total. The van der Waals surface area contributed by atoms with Crippen molar-refractivity contribution >= 4 is 5.78 Å². The van der Waals surface area contributed by atoms with Crippen molar-refractivity contribution in [2.24, 2.45) is 5.73 Å². The lowest BCUT2D eigenvalue weighted by Gasteiger charge is -2.04. The summed E-state index contributed by atoms with van der Waals surface area (Å²) in [6, 6.07) is 7.39. The third kappa shape index (κ3) is 5.32. The molecule has 0 fully saturated rings. The summed E-state index contributed by atoms with van der Waals surface area (Å²) in [5.41, 5.74) is 6.20. The third-order valence-electron chi connectivity index (χ3n) is 2.85. The van der Waals surface area contributed by atoms with E-state index in [1.807, 2.05) is 31.2 Å². The number of nitrogens with two attached hydrogens (primary N) is 1. The normalized spacial score (nSPS) is 10.3. The van der Waals surface area contributed by atoms with Crippen LogP contribution in [0, 0.1) is 0 Å². The van der Waals surface area contributed by atoms with E-state index in [-0.39, 0.29) is 5.78 Å². The molecule has 0 amide bonds. The van der Waals surface area contributed by atoms with Crippen LogP contribution in [-0.2, 0) is 0 Å². The van der Waals surface area contributed by atoms with Gasteiger partial charge in [-0.3, -0.25) is 4.79 Å². The van der Waals surface area contributed by atoms with E-state index in [1.54, 1.807) is 0 Å². The molecule has 100 valence electrons. The number of hydrogen-bond acceptors (Lipinski definition) is 3. The highest BCUT2D eigenvalue weighted by Crippen LogP contribution is 2.14. The second kappa shape index (κ2) is 8.70. The summed E-state index contributed by atoms with van der Waals surface area (Å²) in [7, 11) is 0. The highest BCUT2D eigenvalue weighted by molar-refractivity contribution is 5.96. The standard InChI is InChI=1S/C15H23NO2/c1-2-18-14-10-8-13(9-11-14)15(17)7-5-3-4-6-12-16/h8-11H,2-7,12,16H2,1H3. The zero-order valence-corrected chi connectivity index (χ0v) is 11.2. The first kappa shape index (κ1) is 14.7. The molecule has 1 rings (SSSR count). The molecular formula is C15H23NO2. The van der Waals surface area contributed by atoms with Crippen molar-refractivity contribution in [2.75, 3.05) is 13.2 Å². The quantitative estimate of drug-likeness (QED) is 0.540. The Hall–Kier alpha value is -1.35. The lowest BCUT2D eigenvalue weighted by molar-refractivity contribution is 0.0979. The van der Waals surface area contributed by atoms with Gasteiger partial charge in [0.1, 0.15) is 5.75 Å². The van der Waals surface area contributed by atoms with Crippen LogP contribution in [0.1, 0.15) is 49.4 Å². The molecule has 1 aromatic carbocycles. The fraction of sp³-hybridized carbons (Fsp3) is 0.533. The molecule has 1 aromatic rings. The number of carbonyl (C=O) groups excluding carboxylic acids is 1. The number of ketones is 1. The first-order valence-corrected chi connectivity index (χ1v) is 6.74. The molecule has 0 bridgehead atoms. The number of unbranched alkanes of at least 4 members (excludes halogenated alkanes) is 3. The van der Waals surface area contributed by atoms with E-state index in [2.05, 4.69) is 0 Å². The summed E-state index contributed by atoms with van der Waals surface area (Å²) in [5, 5.41) is 0. The Morgan fingerprint density at radius 2 is 1.78 bits per heavy atom. The second-order valence-electron chi connectivity index (χ2n) is 4.33. The van der Waals surface area contributed by atoms with E-state index >= 15 is 0 Å². The van der Waals surface area contributed by atoms with Crippen LogP contribution in [-0.4, -0.2) is 18.9 Å². The number of hydrogen-bond donors (Lipinski definition) is 1. The Balaban J connectivity index is 2.32. The lowest BCUT2D eigenvalue weighted by atomic mass is 10.0. The van der Waals surface area contributed by atoms with Gasteiger partial charge in [0.25, 0.3) is 0 Å². The molecule has 0 spiro atoms. The monoisotopic (exact) mass is 249 g/mol. The van der Waals surface area contributed by atoms with Gasteiger partial charge >= 0.3 is 0 Å². The highest BCUT2D eigenvalue weighted by atomic mass is 16.5. The minimum absolute atomic E-state index is 0.214. The van der Waals surface area contributed by atoms with Gasteiger partial charge in [0, 0.05) is 12.0 Å². The van der Waals surface area contributed by atoms with Gasteiger partial charge < -0.3 is 10.5 Å². The highest BCUT2D eigenvalue weighted by Gasteiger charge is 2.05. The average molecular weight is 249 g/mol. The number of benzene rings is 1. The first-order valence-electron chi connectivity index (χ1n) is 6.74. The van der Waals surface area contributed by atoms with Crippen LogP contribution in [0.4, 0.5) is 0 Å². The minimum Gasteiger partial charge on any atom is -0.494 e. The Bertz CT molecular complexity index is 346. The maximum Gasteiger partial charge on any atom is 0.162 e. The van der Waals surface area contributed by atoms with Crippen LogP contribution in [0.2, 0.25) is 0 Å². The summed E-state index contributed by atoms with van der Waals surface area (Å²) in [4.78, 5) is 11.9. The van der Waals surface area contributed by atoms with Crippen LogP contribution in [0.3, 0.4) is 0 Å². The van der Waals surface area contributed by atoms with E-state index in [0.717, 1.165) is 43.5 Å². The van der Waals surface area contributed by atoms with Gasteiger partial charge in [-0.2, -0.15) is 0 Å². The van der Waals surface area contributed by atoms with E-state index in [1.165, 1.54) is 0 Å². The Kier molecular flexibility index (Phi) is 7.11. The van der Waals surface area contributed by atoms with Gasteiger partial charge in [-0.05, 0) is 50.6 Å². The van der Waals surface area contributed by atoms with E-state index in [4.69, 9.17) is 10.5 Å². The Labute approximate surface area is 109 Å². The molecule has 0 unspecified atom stereocenters. The largest absolute Gasteiger partial charge is 0.494 e. The van der Waals surface area contributed by atoms with Crippen molar-refractivity contribution in [1.82, 2.24) is 0 Å². The molecule has 0 aliphatic carbocycles. The first-order chi connectivity index (χ1) is 8.77. The molecule has 0 saturated carbocycles. The van der Waals surface area contributed by atoms with Gasteiger partial charge in [-0.25, -0.2) is 0 Å². The Morgan fingerprint density at radius 3 is 2.39 bits per heavy atom. The van der Waals surface area contributed by atoms with Gasteiger partial charge in [0.15, 0.2) is 5.78 Å². The average Bonchev–Trinajstić information content (AvgIpc) is 2.39. The molecule has 3 heteroatoms. The summed E-state index contributed by atoms with van der Waals surface area (Å²) in [6.45, 7) is 3.33. The van der Waals surface area contributed by atoms with Crippen molar-refractivity contribution in [3.63, 3.8) is 0 Å². The van der Waals surface area contributed by atoms with E-state index < -0.39 is 0 Å². The molecule has 0 atom stereocenters. The van der Waals surface area contributed by atoms with Crippen LogP contribution >= 0.6 is 0 Å². The fourth-order valence-electron chi connectivity index (χ4n) is 1.83. The van der Waals surface area contributed by atoms with Crippen molar-refractivity contribution in [1.29, 1.82) is 0 Å². The predicted octanol–water partition coefficient (Wildman–Crippen LogP) is 3.18. The Morgan fingerprint density at radius 1 is 1.11 bits per heavy atom. The zero-order valence-electron chi connectivity index (χ0n) is 11.2. The van der Waals surface area contributed by atoms with Crippen LogP contribution < -0.4 is 10.5 Å². The number of carbonyl (C=O) groups is 1. The van der Waals surface area contributed by atoms with Gasteiger partial charge in [0.05, 0.1) is 6.61 Å². The smallest absolute Gasteiger partial charge is 0.162 e. The molecule has 18 heavy (non-hydrogen) atoms. The van der Waals surface area contributed by atoms with E-state index in [9.17, 15) is 4.79 Å². The van der Waals surface area contributed by atoms with Crippen molar-refractivity contribution in [3.05, 3.63) is 29.8 Å². The van der Waals surface area contributed by atoms with Gasteiger partial charge in [-0.1, -0.05) is 12.8 Å². The molecule has 0 aliphatic heterocycles. The molecular weight excluding hydrogens is 226 g/mol. The summed E-state index contributed by atoms with van der Waals surface area (Å²) in [5.74, 6) is 1.03. The number of Topliss-reactive ketones (excluding diaryl/α,β-unsaturated/α-hetero) is 1. The topological polar surface area (TPSA) is 52.3 Å². The third-order valence-corrected chi connectivity index (χ3v) is 2.85. The molecule has 3 nitrogen and oxygen atoms in total. The van der Waals surface area contributed by atoms with Gasteiger partial charge in [-0.15, -0.1) is 0 Å². The molecule has 0 aliphatic rings. The van der Waals surface area contributed by atoms with Crippen LogP contribution in [0.5, 0.6) is 5.75 Å². The second-order valence-corrected chi connectivity index (χ2v) is 4.33. The SMILES string of the molecule is CCOc1ccc(C(=O)CCCCCCN)cc1. The lowest BCUT2D eigenvalue weighted by Crippen LogP contribution is -2.00. The maximum atomic E-state index is 11.9. The van der Waals surface area contributed by atoms with Gasteiger partial charge in [0.2, 0.25) is 0 Å². The fourth-order valence-corrected chi connectivity index (χ4v) is 1.83. The summed E-state index contributed by atoms with van der Waals surface area (Å²) >= 11 is 0. The van der Waals surface area contributed by atoms with Crippen LogP contribution in [0.25, 0.3) is 0 Å². The molecule has 0 saturated heterocycles. The summed E-state index contributed by atoms with van der Waals surface area (Å²) < 4.78 is 5.34. The van der Waals surface area contributed by atoms with Crippen LogP contribution in [0.15, 0.2) is 24.3 Å². The summed E-state index contributed by atoms with van der Waals surface area (Å²) in [6.07, 6.45) is 4.83. The molecule has 0 heterocycles. The molecule has 0 radical (unpaired) electrons. The molecule has 0 aromatic heterocycles.